The van der Waals surface area contributed by atoms with Crippen molar-refractivity contribution in [1.29, 1.82) is 0 Å². The van der Waals surface area contributed by atoms with Crippen molar-refractivity contribution >= 4 is 0 Å². The molecular weight excluding hydrogens is 204 g/mol. The molecule has 0 atom stereocenters. The van der Waals surface area contributed by atoms with E-state index in [2.05, 4.69) is 24.1 Å². The van der Waals surface area contributed by atoms with E-state index >= 15 is 0 Å². The second-order valence-corrected chi connectivity index (χ2v) is 4.80. The molecule has 0 bridgehead atoms. The van der Waals surface area contributed by atoms with Crippen LogP contribution in [0.25, 0.3) is 0 Å². The van der Waals surface area contributed by atoms with Crippen LogP contribution in [-0.4, -0.2) is 63.0 Å². The molecule has 0 aliphatic carbocycles. The van der Waals surface area contributed by atoms with E-state index in [-0.39, 0.29) is 5.54 Å². The lowest BCUT2D eigenvalue weighted by molar-refractivity contribution is -0.0501. The van der Waals surface area contributed by atoms with E-state index in [4.69, 9.17) is 9.47 Å². The molecule has 0 aromatic carbocycles. The van der Waals surface area contributed by atoms with Gasteiger partial charge in [0, 0.05) is 38.3 Å². The SMILES string of the molecule is CCOCCNCCN1CCOCC1(C)C. The smallest absolute Gasteiger partial charge is 0.0645 e. The number of hydrogen-bond acceptors (Lipinski definition) is 4. The average molecular weight is 230 g/mol. The van der Waals surface area contributed by atoms with E-state index in [1.807, 2.05) is 6.92 Å². The van der Waals surface area contributed by atoms with Gasteiger partial charge < -0.3 is 14.8 Å². The van der Waals surface area contributed by atoms with Gasteiger partial charge in [-0.05, 0) is 20.8 Å². The molecule has 1 aliphatic heterocycles. The Bertz CT molecular complexity index is 186. The van der Waals surface area contributed by atoms with Crippen molar-refractivity contribution in [3.8, 4) is 0 Å². The summed E-state index contributed by atoms with van der Waals surface area (Å²) >= 11 is 0. The van der Waals surface area contributed by atoms with Crippen molar-refractivity contribution < 1.29 is 9.47 Å². The molecule has 0 unspecified atom stereocenters. The van der Waals surface area contributed by atoms with Crippen LogP contribution in [0.4, 0.5) is 0 Å². The molecule has 1 heterocycles. The van der Waals surface area contributed by atoms with E-state index in [0.717, 1.165) is 52.6 Å². The second kappa shape index (κ2) is 7.22. The molecule has 0 radical (unpaired) electrons. The van der Waals surface area contributed by atoms with Crippen LogP contribution >= 0.6 is 0 Å². The van der Waals surface area contributed by atoms with Crippen LogP contribution in [0.3, 0.4) is 0 Å². The number of rotatable bonds is 7. The summed E-state index contributed by atoms with van der Waals surface area (Å²) in [6.45, 7) is 13.9. The summed E-state index contributed by atoms with van der Waals surface area (Å²) in [5.41, 5.74) is 0.180. The van der Waals surface area contributed by atoms with Crippen molar-refractivity contribution in [2.45, 2.75) is 26.3 Å². The highest BCUT2D eigenvalue weighted by Gasteiger charge is 2.29. The molecule has 96 valence electrons. The van der Waals surface area contributed by atoms with Gasteiger partial charge in [0.1, 0.15) is 0 Å². The normalized spacial score (nSPS) is 21.2. The Morgan fingerprint density at radius 2 is 2.19 bits per heavy atom. The Balaban J connectivity index is 2.07. The van der Waals surface area contributed by atoms with E-state index in [0.29, 0.717) is 0 Å². The van der Waals surface area contributed by atoms with Gasteiger partial charge in [0.2, 0.25) is 0 Å². The first-order chi connectivity index (χ1) is 7.67. The fourth-order valence-electron chi connectivity index (χ4n) is 1.93. The molecule has 1 aliphatic rings. The second-order valence-electron chi connectivity index (χ2n) is 4.80. The predicted molar refractivity (Wildman–Crippen MR) is 65.8 cm³/mol. The first kappa shape index (κ1) is 13.9. The Kier molecular flexibility index (Phi) is 6.28. The van der Waals surface area contributed by atoms with E-state index in [1.165, 1.54) is 0 Å². The van der Waals surface area contributed by atoms with Gasteiger partial charge in [-0.25, -0.2) is 0 Å². The van der Waals surface area contributed by atoms with Crippen LogP contribution in [-0.2, 0) is 9.47 Å². The van der Waals surface area contributed by atoms with Gasteiger partial charge in [-0.3, -0.25) is 4.90 Å². The van der Waals surface area contributed by atoms with E-state index < -0.39 is 0 Å². The van der Waals surface area contributed by atoms with Gasteiger partial charge in [-0.2, -0.15) is 0 Å². The largest absolute Gasteiger partial charge is 0.380 e. The first-order valence-electron chi connectivity index (χ1n) is 6.28. The third-order valence-electron chi connectivity index (χ3n) is 3.00. The molecule has 0 spiro atoms. The molecular formula is C12H26N2O2. The summed E-state index contributed by atoms with van der Waals surface area (Å²) in [5, 5.41) is 3.40. The molecule has 0 amide bonds. The number of ether oxygens (including phenoxy) is 2. The monoisotopic (exact) mass is 230 g/mol. The molecule has 0 aromatic rings. The summed E-state index contributed by atoms with van der Waals surface area (Å²) in [4.78, 5) is 2.49. The number of nitrogens with one attached hydrogen (secondary N) is 1. The Hall–Kier alpha value is -0.160. The maximum atomic E-state index is 5.49. The Morgan fingerprint density at radius 3 is 2.88 bits per heavy atom. The quantitative estimate of drug-likeness (QED) is 0.654. The molecule has 4 heteroatoms. The van der Waals surface area contributed by atoms with Crippen LogP contribution < -0.4 is 5.32 Å². The van der Waals surface area contributed by atoms with Gasteiger partial charge in [0.15, 0.2) is 0 Å². The number of morpholine rings is 1. The van der Waals surface area contributed by atoms with E-state index in [9.17, 15) is 0 Å². The molecule has 4 nitrogen and oxygen atoms in total. The summed E-state index contributed by atoms with van der Waals surface area (Å²) in [5.74, 6) is 0. The zero-order valence-corrected chi connectivity index (χ0v) is 10.9. The fraction of sp³-hybridized carbons (Fsp3) is 1.00. The van der Waals surface area contributed by atoms with Crippen LogP contribution in [0.15, 0.2) is 0 Å². The third-order valence-corrected chi connectivity index (χ3v) is 3.00. The molecule has 1 saturated heterocycles. The lowest BCUT2D eigenvalue weighted by Gasteiger charge is -2.42. The number of nitrogens with zero attached hydrogens (tertiary/aromatic N) is 1. The van der Waals surface area contributed by atoms with Crippen molar-refractivity contribution in [3.05, 3.63) is 0 Å². The fourth-order valence-corrected chi connectivity index (χ4v) is 1.93. The van der Waals surface area contributed by atoms with Crippen LogP contribution in [0, 0.1) is 0 Å². The van der Waals surface area contributed by atoms with Gasteiger partial charge in [0.05, 0.1) is 19.8 Å². The van der Waals surface area contributed by atoms with Crippen LogP contribution in [0.5, 0.6) is 0 Å². The molecule has 1 fully saturated rings. The minimum absolute atomic E-state index is 0.180. The van der Waals surface area contributed by atoms with Crippen molar-refractivity contribution in [2.24, 2.45) is 0 Å². The minimum Gasteiger partial charge on any atom is -0.380 e. The molecule has 1 N–H and O–H groups in total. The first-order valence-corrected chi connectivity index (χ1v) is 6.28. The van der Waals surface area contributed by atoms with Crippen LogP contribution in [0.1, 0.15) is 20.8 Å². The zero-order chi connectivity index (χ0) is 11.9. The zero-order valence-electron chi connectivity index (χ0n) is 10.9. The van der Waals surface area contributed by atoms with Crippen molar-refractivity contribution in [1.82, 2.24) is 10.2 Å². The minimum atomic E-state index is 0.180. The Labute approximate surface area is 99.3 Å². The highest BCUT2D eigenvalue weighted by atomic mass is 16.5. The maximum absolute atomic E-state index is 5.49. The lowest BCUT2D eigenvalue weighted by atomic mass is 10.0. The summed E-state index contributed by atoms with van der Waals surface area (Å²) in [7, 11) is 0. The Morgan fingerprint density at radius 1 is 1.38 bits per heavy atom. The molecule has 16 heavy (non-hydrogen) atoms. The van der Waals surface area contributed by atoms with E-state index in [1.54, 1.807) is 0 Å². The number of hydrogen-bond donors (Lipinski definition) is 1. The van der Waals surface area contributed by atoms with Gasteiger partial charge >= 0.3 is 0 Å². The molecule has 0 saturated carbocycles. The van der Waals surface area contributed by atoms with Gasteiger partial charge in [0.25, 0.3) is 0 Å². The highest BCUT2D eigenvalue weighted by Crippen LogP contribution is 2.17. The predicted octanol–water partition coefficient (Wildman–Crippen LogP) is 0.723. The van der Waals surface area contributed by atoms with Crippen molar-refractivity contribution in [3.63, 3.8) is 0 Å². The summed E-state index contributed by atoms with van der Waals surface area (Å²) in [6.07, 6.45) is 0. The average Bonchev–Trinajstić information content (AvgIpc) is 2.25. The molecule has 1 rings (SSSR count). The third kappa shape index (κ3) is 4.78. The topological polar surface area (TPSA) is 33.7 Å². The molecule has 0 aromatic heterocycles. The highest BCUT2D eigenvalue weighted by molar-refractivity contribution is 4.84. The van der Waals surface area contributed by atoms with Gasteiger partial charge in [-0.15, -0.1) is 0 Å². The van der Waals surface area contributed by atoms with Crippen molar-refractivity contribution in [2.75, 3.05) is 52.6 Å². The maximum Gasteiger partial charge on any atom is 0.0645 e. The standard InChI is InChI=1S/C12H26N2O2/c1-4-15-9-6-13-5-7-14-8-10-16-11-12(14,2)3/h13H,4-11H2,1-3H3. The summed E-state index contributed by atoms with van der Waals surface area (Å²) < 4.78 is 10.8. The van der Waals surface area contributed by atoms with Gasteiger partial charge in [-0.1, -0.05) is 0 Å². The lowest BCUT2D eigenvalue weighted by Crippen LogP contribution is -2.54. The van der Waals surface area contributed by atoms with Crippen LogP contribution in [0.2, 0.25) is 0 Å². The summed E-state index contributed by atoms with van der Waals surface area (Å²) in [6, 6.07) is 0.